The van der Waals surface area contributed by atoms with Crippen molar-refractivity contribution >= 4 is 29.4 Å². The maximum absolute atomic E-state index is 12.8. The van der Waals surface area contributed by atoms with E-state index in [9.17, 15) is 14.4 Å². The van der Waals surface area contributed by atoms with Gasteiger partial charge in [-0.25, -0.2) is 14.4 Å². The second-order valence-electron chi connectivity index (χ2n) is 7.80. The zero-order valence-electron chi connectivity index (χ0n) is 19.3. The monoisotopic (exact) mass is 452 g/mol. The Morgan fingerprint density at radius 3 is 2.52 bits per heavy atom. The molecule has 4 amide bonds. The molecular formula is C24H28N4O5. The number of methoxy groups -OCH3 is 1. The maximum atomic E-state index is 12.8. The number of esters is 1. The molecule has 2 aromatic carbocycles. The van der Waals surface area contributed by atoms with E-state index in [1.54, 1.807) is 76.3 Å². The highest BCUT2D eigenvalue weighted by atomic mass is 16.5. The van der Waals surface area contributed by atoms with Crippen molar-refractivity contribution in [3.8, 4) is 5.75 Å². The van der Waals surface area contributed by atoms with Crippen LogP contribution in [0.4, 0.5) is 21.0 Å². The van der Waals surface area contributed by atoms with Gasteiger partial charge < -0.3 is 30.3 Å². The number of para-hydroxylation sites is 2. The highest BCUT2D eigenvalue weighted by molar-refractivity contribution is 6.01. The summed E-state index contributed by atoms with van der Waals surface area (Å²) in [6, 6.07) is 12.5. The molecule has 0 aromatic heterocycles. The highest BCUT2D eigenvalue weighted by Gasteiger charge is 2.35. The van der Waals surface area contributed by atoms with Gasteiger partial charge in [0.05, 0.1) is 30.5 Å². The molecule has 0 aliphatic carbocycles. The first-order chi connectivity index (χ1) is 15.7. The Kier molecular flexibility index (Phi) is 7.22. The van der Waals surface area contributed by atoms with Gasteiger partial charge in [0.25, 0.3) is 0 Å². The van der Waals surface area contributed by atoms with Crippen molar-refractivity contribution < 1.29 is 23.9 Å². The molecule has 0 saturated carbocycles. The number of hydrogen-bond acceptors (Lipinski definition) is 5. The second-order valence-corrected chi connectivity index (χ2v) is 7.80. The summed E-state index contributed by atoms with van der Waals surface area (Å²) in [5.41, 5.74) is 2.47. The van der Waals surface area contributed by atoms with Crippen molar-refractivity contribution in [1.29, 1.82) is 0 Å². The molecule has 174 valence electrons. The Hall–Kier alpha value is -4.01. The number of rotatable bonds is 6. The summed E-state index contributed by atoms with van der Waals surface area (Å²) in [6.07, 6.45) is -0.312. The standard InChI is InChI=1S/C24H28N4O5/c1-14(2)33-22(29)20-15(3)28(4)24(31)27-21(20)16-9-8-10-17(13-16)25-23(30)26-18-11-6-7-12-19(18)32-5/h6-14,21H,1-5H3,(H,27,31)(H2,25,26,30). The van der Waals surface area contributed by atoms with E-state index in [0.717, 1.165) is 0 Å². The summed E-state index contributed by atoms with van der Waals surface area (Å²) in [6.45, 7) is 5.23. The molecule has 1 aliphatic heterocycles. The summed E-state index contributed by atoms with van der Waals surface area (Å²) in [4.78, 5) is 39.2. The fraction of sp³-hybridized carbons (Fsp3) is 0.292. The van der Waals surface area contributed by atoms with Gasteiger partial charge in [0, 0.05) is 18.4 Å². The second kappa shape index (κ2) is 10.1. The van der Waals surface area contributed by atoms with Gasteiger partial charge in [0.1, 0.15) is 5.75 Å². The molecule has 9 nitrogen and oxygen atoms in total. The van der Waals surface area contributed by atoms with Gasteiger partial charge in [-0.1, -0.05) is 24.3 Å². The molecule has 1 aliphatic rings. The van der Waals surface area contributed by atoms with Crippen LogP contribution in [0.15, 0.2) is 59.8 Å². The van der Waals surface area contributed by atoms with Crippen molar-refractivity contribution in [2.45, 2.75) is 32.9 Å². The molecular weight excluding hydrogens is 424 g/mol. The summed E-state index contributed by atoms with van der Waals surface area (Å²) < 4.78 is 10.7. The van der Waals surface area contributed by atoms with E-state index in [-0.39, 0.29) is 12.1 Å². The van der Waals surface area contributed by atoms with Gasteiger partial charge >= 0.3 is 18.0 Å². The number of nitrogens with zero attached hydrogens (tertiary/aromatic N) is 1. The molecule has 0 fully saturated rings. The van der Waals surface area contributed by atoms with Crippen molar-refractivity contribution in [2.75, 3.05) is 24.8 Å². The number of amides is 4. The van der Waals surface area contributed by atoms with Crippen LogP contribution in [-0.4, -0.2) is 43.2 Å². The third-order valence-corrected chi connectivity index (χ3v) is 5.15. The molecule has 1 atom stereocenters. The minimum Gasteiger partial charge on any atom is -0.495 e. The minimum absolute atomic E-state index is 0.312. The number of anilines is 2. The van der Waals surface area contributed by atoms with E-state index in [1.807, 2.05) is 0 Å². The van der Waals surface area contributed by atoms with E-state index in [1.165, 1.54) is 12.0 Å². The largest absolute Gasteiger partial charge is 0.495 e. The van der Waals surface area contributed by atoms with E-state index < -0.39 is 18.0 Å². The van der Waals surface area contributed by atoms with Crippen molar-refractivity contribution in [3.05, 3.63) is 65.4 Å². The van der Waals surface area contributed by atoms with Gasteiger partial charge in [-0.15, -0.1) is 0 Å². The van der Waals surface area contributed by atoms with Gasteiger partial charge in [0.15, 0.2) is 0 Å². The molecule has 0 bridgehead atoms. The predicted molar refractivity (Wildman–Crippen MR) is 125 cm³/mol. The Morgan fingerprint density at radius 1 is 1.09 bits per heavy atom. The Balaban J connectivity index is 1.85. The number of allylic oxidation sites excluding steroid dienone is 1. The Morgan fingerprint density at radius 2 is 1.82 bits per heavy atom. The smallest absolute Gasteiger partial charge is 0.338 e. The zero-order chi connectivity index (χ0) is 24.1. The number of ether oxygens (including phenoxy) is 2. The average molecular weight is 453 g/mol. The quantitative estimate of drug-likeness (QED) is 0.568. The van der Waals surface area contributed by atoms with Crippen LogP contribution in [0.25, 0.3) is 0 Å². The van der Waals surface area contributed by atoms with Crippen molar-refractivity contribution in [2.24, 2.45) is 0 Å². The van der Waals surface area contributed by atoms with Crippen LogP contribution >= 0.6 is 0 Å². The molecule has 0 spiro atoms. The lowest BCUT2D eigenvalue weighted by atomic mass is 9.94. The van der Waals surface area contributed by atoms with Crippen LogP contribution in [0.5, 0.6) is 5.75 Å². The first-order valence-electron chi connectivity index (χ1n) is 10.5. The summed E-state index contributed by atoms with van der Waals surface area (Å²) in [5, 5.41) is 8.35. The van der Waals surface area contributed by atoms with Gasteiger partial charge in [0.2, 0.25) is 0 Å². The number of urea groups is 2. The number of carbonyl (C=O) groups excluding carboxylic acids is 3. The van der Waals surface area contributed by atoms with E-state index in [4.69, 9.17) is 9.47 Å². The SMILES string of the molecule is COc1ccccc1NC(=O)Nc1cccc(C2NC(=O)N(C)C(C)=C2C(=O)OC(C)C)c1. The van der Waals surface area contributed by atoms with Gasteiger partial charge in [-0.2, -0.15) is 0 Å². The molecule has 1 unspecified atom stereocenters. The average Bonchev–Trinajstić information content (AvgIpc) is 2.77. The van der Waals surface area contributed by atoms with Crippen LogP contribution in [-0.2, 0) is 9.53 Å². The van der Waals surface area contributed by atoms with Crippen molar-refractivity contribution in [3.63, 3.8) is 0 Å². The zero-order valence-corrected chi connectivity index (χ0v) is 19.3. The first-order valence-corrected chi connectivity index (χ1v) is 10.5. The highest BCUT2D eigenvalue weighted by Crippen LogP contribution is 2.32. The third kappa shape index (κ3) is 5.43. The Labute approximate surface area is 192 Å². The number of carbonyl (C=O) groups is 3. The summed E-state index contributed by atoms with van der Waals surface area (Å²) in [7, 11) is 3.11. The molecule has 0 radical (unpaired) electrons. The minimum atomic E-state index is -0.723. The Bertz CT molecular complexity index is 1100. The van der Waals surface area contributed by atoms with Crippen LogP contribution in [0.2, 0.25) is 0 Å². The van der Waals surface area contributed by atoms with Crippen molar-refractivity contribution in [1.82, 2.24) is 10.2 Å². The fourth-order valence-electron chi connectivity index (χ4n) is 3.46. The third-order valence-electron chi connectivity index (χ3n) is 5.15. The molecule has 0 saturated heterocycles. The van der Waals surface area contributed by atoms with Gasteiger partial charge in [-0.05, 0) is 50.6 Å². The van der Waals surface area contributed by atoms with E-state index >= 15 is 0 Å². The van der Waals surface area contributed by atoms with Crippen LogP contribution in [0.1, 0.15) is 32.4 Å². The lowest BCUT2D eigenvalue weighted by Crippen LogP contribution is -2.46. The topological polar surface area (TPSA) is 109 Å². The van der Waals surface area contributed by atoms with E-state index in [0.29, 0.717) is 34.0 Å². The molecule has 33 heavy (non-hydrogen) atoms. The lowest BCUT2D eigenvalue weighted by molar-refractivity contribution is -0.143. The van der Waals surface area contributed by atoms with Gasteiger partial charge in [-0.3, -0.25) is 0 Å². The number of benzene rings is 2. The summed E-state index contributed by atoms with van der Waals surface area (Å²) in [5.74, 6) is 0.0241. The molecule has 1 heterocycles. The first kappa shape index (κ1) is 23.6. The number of nitrogens with one attached hydrogen (secondary N) is 3. The molecule has 9 heteroatoms. The fourth-order valence-corrected chi connectivity index (χ4v) is 3.46. The van der Waals surface area contributed by atoms with Crippen LogP contribution < -0.4 is 20.7 Å². The van der Waals surface area contributed by atoms with E-state index in [2.05, 4.69) is 16.0 Å². The predicted octanol–water partition coefficient (Wildman–Crippen LogP) is 4.26. The van der Waals surface area contributed by atoms with Crippen LogP contribution in [0, 0.1) is 0 Å². The van der Waals surface area contributed by atoms with Crippen LogP contribution in [0.3, 0.4) is 0 Å². The maximum Gasteiger partial charge on any atom is 0.338 e. The summed E-state index contributed by atoms with van der Waals surface area (Å²) >= 11 is 0. The molecule has 2 aromatic rings. The molecule has 3 N–H and O–H groups in total. The normalized spacial score (nSPS) is 15.8. The lowest BCUT2D eigenvalue weighted by Gasteiger charge is -2.33. The number of hydrogen-bond donors (Lipinski definition) is 3. The molecule has 3 rings (SSSR count).